The Bertz CT molecular complexity index is 623. The Morgan fingerprint density at radius 1 is 0.923 bits per heavy atom. The van der Waals surface area contributed by atoms with Crippen molar-refractivity contribution in [1.82, 2.24) is 9.80 Å². The van der Waals surface area contributed by atoms with Crippen LogP contribution >= 0.6 is 0 Å². The Morgan fingerprint density at radius 3 is 2.50 bits per heavy atom. The first-order valence-corrected chi connectivity index (χ1v) is 10.8. The predicted octanol–water partition coefficient (Wildman–Crippen LogP) is 4.54. The van der Waals surface area contributed by atoms with Gasteiger partial charge in [0, 0.05) is 31.7 Å². The van der Waals surface area contributed by atoms with E-state index in [-0.39, 0.29) is 0 Å². The lowest BCUT2D eigenvalue weighted by Crippen LogP contribution is -2.59. The van der Waals surface area contributed by atoms with Crippen LogP contribution in [0.3, 0.4) is 0 Å². The van der Waals surface area contributed by atoms with E-state index in [1.165, 1.54) is 81.3 Å². The third kappa shape index (κ3) is 3.53. The van der Waals surface area contributed by atoms with Crippen LogP contribution in [0, 0.1) is 19.8 Å². The van der Waals surface area contributed by atoms with E-state index in [4.69, 9.17) is 4.74 Å². The molecule has 144 valence electrons. The maximum atomic E-state index is 5.52. The summed E-state index contributed by atoms with van der Waals surface area (Å²) in [7, 11) is 1.78. The number of hydrogen-bond donors (Lipinski definition) is 0. The third-order valence-corrected chi connectivity index (χ3v) is 7.26. The molecule has 0 radical (unpaired) electrons. The molecule has 2 aliphatic heterocycles. The Balaban J connectivity index is 1.58. The lowest BCUT2D eigenvalue weighted by atomic mass is 9.78. The predicted molar refractivity (Wildman–Crippen MR) is 108 cm³/mol. The second-order valence-electron chi connectivity index (χ2n) is 8.85. The number of methoxy groups -OCH3 is 1. The van der Waals surface area contributed by atoms with Crippen LogP contribution in [0.15, 0.2) is 12.1 Å². The fourth-order valence-corrected chi connectivity index (χ4v) is 5.90. The highest BCUT2D eigenvalue weighted by atomic mass is 16.5. The van der Waals surface area contributed by atoms with Crippen molar-refractivity contribution >= 4 is 0 Å². The minimum atomic E-state index is 0.772. The van der Waals surface area contributed by atoms with Gasteiger partial charge in [-0.25, -0.2) is 0 Å². The van der Waals surface area contributed by atoms with Gasteiger partial charge in [-0.3, -0.25) is 9.80 Å². The highest BCUT2D eigenvalue weighted by Crippen LogP contribution is 2.38. The molecule has 1 saturated carbocycles. The van der Waals surface area contributed by atoms with E-state index in [2.05, 4.69) is 35.8 Å². The largest absolute Gasteiger partial charge is 0.496 e. The van der Waals surface area contributed by atoms with Gasteiger partial charge in [0.05, 0.1) is 7.11 Å². The Morgan fingerprint density at radius 2 is 1.73 bits per heavy atom. The van der Waals surface area contributed by atoms with Gasteiger partial charge >= 0.3 is 0 Å². The molecule has 0 N–H and O–H groups in total. The van der Waals surface area contributed by atoms with Crippen LogP contribution in [0.5, 0.6) is 5.75 Å². The summed E-state index contributed by atoms with van der Waals surface area (Å²) < 4.78 is 5.52. The normalized spacial score (nSPS) is 28.3. The first kappa shape index (κ1) is 18.3. The molecule has 0 unspecified atom stereocenters. The second kappa shape index (κ2) is 7.90. The summed E-state index contributed by atoms with van der Waals surface area (Å²) in [5.41, 5.74) is 4.14. The molecule has 3 aliphatic rings. The van der Waals surface area contributed by atoms with Gasteiger partial charge < -0.3 is 4.74 Å². The summed E-state index contributed by atoms with van der Waals surface area (Å²) in [6.45, 7) is 9.38. The number of fused-ring (bicyclic) bond motifs is 1. The molecule has 2 atom stereocenters. The maximum absolute atomic E-state index is 5.52. The van der Waals surface area contributed by atoms with Gasteiger partial charge in [0.1, 0.15) is 5.75 Å². The van der Waals surface area contributed by atoms with Crippen molar-refractivity contribution in [3.05, 3.63) is 28.8 Å². The quantitative estimate of drug-likeness (QED) is 0.788. The lowest BCUT2D eigenvalue weighted by molar-refractivity contribution is -0.00390. The van der Waals surface area contributed by atoms with E-state index in [9.17, 15) is 0 Å². The SMILES string of the molecule is COc1cc(C)c(CN2CCN3CCC[C@H]3[C@H]2C2CCCCC2)cc1C. The molecule has 0 amide bonds. The highest BCUT2D eigenvalue weighted by Gasteiger charge is 2.42. The van der Waals surface area contributed by atoms with Crippen molar-refractivity contribution in [2.45, 2.75) is 77.4 Å². The van der Waals surface area contributed by atoms with E-state index in [1.807, 2.05) is 0 Å². The van der Waals surface area contributed by atoms with Crippen LogP contribution in [0.2, 0.25) is 0 Å². The molecule has 3 nitrogen and oxygen atoms in total. The maximum Gasteiger partial charge on any atom is 0.122 e. The Labute approximate surface area is 159 Å². The van der Waals surface area contributed by atoms with E-state index in [0.29, 0.717) is 0 Å². The van der Waals surface area contributed by atoms with Gasteiger partial charge in [-0.05, 0) is 74.8 Å². The first-order valence-electron chi connectivity index (χ1n) is 10.8. The number of rotatable bonds is 4. The van der Waals surface area contributed by atoms with Crippen LogP contribution in [0.25, 0.3) is 0 Å². The molecule has 1 aromatic rings. The van der Waals surface area contributed by atoms with E-state index in [1.54, 1.807) is 7.11 Å². The molecule has 3 fully saturated rings. The standard InChI is InChI=1S/C23H36N2O/c1-17-15-22(26-3)18(2)14-20(17)16-25-13-12-24-11-7-10-21(24)23(25)19-8-5-4-6-9-19/h14-15,19,21,23H,4-13,16H2,1-3H3/t21-,23+/m0/s1. The van der Waals surface area contributed by atoms with Gasteiger partial charge in [-0.2, -0.15) is 0 Å². The second-order valence-corrected chi connectivity index (χ2v) is 8.85. The van der Waals surface area contributed by atoms with Crippen molar-refractivity contribution in [2.24, 2.45) is 5.92 Å². The average Bonchev–Trinajstić information content (AvgIpc) is 3.13. The van der Waals surface area contributed by atoms with Gasteiger partial charge in [0.25, 0.3) is 0 Å². The summed E-state index contributed by atoms with van der Waals surface area (Å²) in [6.07, 6.45) is 10.1. The average molecular weight is 357 g/mol. The van der Waals surface area contributed by atoms with E-state index in [0.717, 1.165) is 30.3 Å². The Hall–Kier alpha value is -1.06. The molecule has 1 aromatic carbocycles. The molecule has 0 aromatic heterocycles. The van der Waals surface area contributed by atoms with Crippen LogP contribution in [-0.4, -0.2) is 48.6 Å². The van der Waals surface area contributed by atoms with Crippen LogP contribution < -0.4 is 4.74 Å². The minimum absolute atomic E-state index is 0.772. The van der Waals surface area contributed by atoms with Crippen LogP contribution in [0.4, 0.5) is 0 Å². The molecule has 2 heterocycles. The van der Waals surface area contributed by atoms with E-state index < -0.39 is 0 Å². The van der Waals surface area contributed by atoms with Crippen molar-refractivity contribution in [3.8, 4) is 5.75 Å². The number of hydrogen-bond acceptors (Lipinski definition) is 3. The zero-order valence-corrected chi connectivity index (χ0v) is 17.0. The van der Waals surface area contributed by atoms with Gasteiger partial charge in [0.15, 0.2) is 0 Å². The van der Waals surface area contributed by atoms with Gasteiger partial charge in [0.2, 0.25) is 0 Å². The summed E-state index contributed by atoms with van der Waals surface area (Å²) >= 11 is 0. The third-order valence-electron chi connectivity index (χ3n) is 7.26. The fourth-order valence-electron chi connectivity index (χ4n) is 5.90. The number of aryl methyl sites for hydroxylation is 2. The molecule has 0 bridgehead atoms. The van der Waals surface area contributed by atoms with Crippen molar-refractivity contribution < 1.29 is 4.74 Å². The minimum Gasteiger partial charge on any atom is -0.496 e. The van der Waals surface area contributed by atoms with Crippen LogP contribution in [-0.2, 0) is 6.54 Å². The summed E-state index contributed by atoms with van der Waals surface area (Å²) in [5, 5.41) is 0. The molecule has 1 aliphatic carbocycles. The molecule has 3 heteroatoms. The van der Waals surface area contributed by atoms with Gasteiger partial charge in [-0.15, -0.1) is 0 Å². The first-order chi connectivity index (χ1) is 12.7. The number of ether oxygens (including phenoxy) is 1. The van der Waals surface area contributed by atoms with Crippen molar-refractivity contribution in [1.29, 1.82) is 0 Å². The molecular weight excluding hydrogens is 320 g/mol. The van der Waals surface area contributed by atoms with Crippen molar-refractivity contribution in [2.75, 3.05) is 26.7 Å². The molecule has 0 spiro atoms. The fraction of sp³-hybridized carbons (Fsp3) is 0.739. The topological polar surface area (TPSA) is 15.7 Å². The van der Waals surface area contributed by atoms with E-state index >= 15 is 0 Å². The number of benzene rings is 1. The summed E-state index contributed by atoms with van der Waals surface area (Å²) in [6, 6.07) is 6.18. The molecule has 4 rings (SSSR count). The van der Waals surface area contributed by atoms with Crippen molar-refractivity contribution in [3.63, 3.8) is 0 Å². The molecular formula is C23H36N2O. The highest BCUT2D eigenvalue weighted by molar-refractivity contribution is 5.41. The molecule has 26 heavy (non-hydrogen) atoms. The monoisotopic (exact) mass is 356 g/mol. The number of piperazine rings is 1. The Kier molecular flexibility index (Phi) is 5.56. The molecule has 2 saturated heterocycles. The zero-order chi connectivity index (χ0) is 18.1. The van der Waals surface area contributed by atoms with Gasteiger partial charge in [-0.1, -0.05) is 25.3 Å². The summed E-state index contributed by atoms with van der Waals surface area (Å²) in [4.78, 5) is 5.67. The van der Waals surface area contributed by atoms with Crippen LogP contribution in [0.1, 0.15) is 61.6 Å². The zero-order valence-electron chi connectivity index (χ0n) is 17.0. The lowest BCUT2D eigenvalue weighted by Gasteiger charge is -2.49. The summed E-state index contributed by atoms with van der Waals surface area (Å²) in [5.74, 6) is 1.94. The number of nitrogens with zero attached hydrogens (tertiary/aromatic N) is 2. The smallest absolute Gasteiger partial charge is 0.122 e.